The predicted molar refractivity (Wildman–Crippen MR) is 96.4 cm³/mol. The Kier molecular flexibility index (Phi) is 6.02. The summed E-state index contributed by atoms with van der Waals surface area (Å²) >= 11 is 0. The van der Waals surface area contributed by atoms with Gasteiger partial charge in [-0.2, -0.15) is 0 Å². The lowest BCUT2D eigenvalue weighted by atomic mass is 10.0. The summed E-state index contributed by atoms with van der Waals surface area (Å²) in [7, 11) is 0. The highest BCUT2D eigenvalue weighted by Gasteiger charge is 2.22. The number of carbonyl (C=O) groups excluding carboxylic acids is 1. The average Bonchev–Trinajstić information content (AvgIpc) is 2.58. The third kappa shape index (κ3) is 4.04. The molecule has 7 heteroatoms. The fourth-order valence-corrected chi connectivity index (χ4v) is 2.85. The van der Waals surface area contributed by atoms with E-state index in [9.17, 15) is 24.6 Å². The summed E-state index contributed by atoms with van der Waals surface area (Å²) in [6, 6.07) is 2.15. The monoisotopic (exact) mass is 361 g/mol. The molecule has 0 spiro atoms. The fraction of sp³-hybridized carbons (Fsp3) is 0.421. The molecule has 0 bridgehead atoms. The first-order valence-electron chi connectivity index (χ1n) is 8.53. The van der Waals surface area contributed by atoms with Crippen LogP contribution in [0.2, 0.25) is 0 Å². The molecule has 0 aliphatic heterocycles. The van der Waals surface area contributed by atoms with Crippen LogP contribution in [0.15, 0.2) is 21.3 Å². The van der Waals surface area contributed by atoms with Gasteiger partial charge in [0.25, 0.3) is 0 Å². The van der Waals surface area contributed by atoms with Gasteiger partial charge in [-0.25, -0.2) is 9.59 Å². The lowest BCUT2D eigenvalue weighted by Crippen LogP contribution is -2.42. The summed E-state index contributed by atoms with van der Waals surface area (Å²) in [4.78, 5) is 35.8. The first-order chi connectivity index (χ1) is 12.3. The van der Waals surface area contributed by atoms with Gasteiger partial charge in [0.05, 0.1) is 12.0 Å². The van der Waals surface area contributed by atoms with Crippen LogP contribution in [0, 0.1) is 13.8 Å². The lowest BCUT2D eigenvalue weighted by molar-refractivity contribution is -0.142. The Hall–Kier alpha value is -2.83. The number of hydrogen-bond acceptors (Lipinski definition) is 5. The third-order valence-corrected chi connectivity index (χ3v) is 4.49. The van der Waals surface area contributed by atoms with Gasteiger partial charge in [-0.15, -0.1) is 0 Å². The summed E-state index contributed by atoms with van der Waals surface area (Å²) in [5.41, 5.74) is 0.821. The number of rotatable bonds is 7. The van der Waals surface area contributed by atoms with Gasteiger partial charge >= 0.3 is 11.6 Å². The zero-order valence-corrected chi connectivity index (χ0v) is 15.1. The SMILES string of the molecule is CCCCC(NC(=O)Cc1c(C)c2ccc(O)c(C)c2oc1=O)C(=O)O. The van der Waals surface area contributed by atoms with Crippen molar-refractivity contribution in [2.45, 2.75) is 52.5 Å². The number of benzene rings is 1. The van der Waals surface area contributed by atoms with E-state index in [-0.39, 0.29) is 23.3 Å². The Morgan fingerprint density at radius 2 is 1.92 bits per heavy atom. The minimum Gasteiger partial charge on any atom is -0.508 e. The van der Waals surface area contributed by atoms with Crippen molar-refractivity contribution < 1.29 is 24.2 Å². The molecule has 0 fully saturated rings. The Bertz CT molecular complexity index is 899. The number of amides is 1. The van der Waals surface area contributed by atoms with E-state index in [1.807, 2.05) is 6.92 Å². The Balaban J connectivity index is 2.30. The number of unbranched alkanes of at least 4 members (excludes halogenated alkanes) is 1. The number of nitrogens with one attached hydrogen (secondary N) is 1. The highest BCUT2D eigenvalue weighted by molar-refractivity contribution is 5.88. The quantitative estimate of drug-likeness (QED) is 0.652. The number of aryl methyl sites for hydroxylation is 2. The van der Waals surface area contributed by atoms with Crippen molar-refractivity contribution in [1.29, 1.82) is 0 Å². The zero-order chi connectivity index (χ0) is 19.4. The van der Waals surface area contributed by atoms with E-state index in [4.69, 9.17) is 4.42 Å². The molecular weight excluding hydrogens is 338 g/mol. The summed E-state index contributed by atoms with van der Waals surface area (Å²) in [5, 5.41) is 22.0. The molecule has 140 valence electrons. The molecule has 26 heavy (non-hydrogen) atoms. The molecule has 1 amide bonds. The molecule has 1 aromatic carbocycles. The van der Waals surface area contributed by atoms with E-state index in [2.05, 4.69) is 5.32 Å². The maximum atomic E-state index is 12.3. The number of phenolic OH excluding ortho intramolecular Hbond substituents is 1. The van der Waals surface area contributed by atoms with Crippen molar-refractivity contribution in [1.82, 2.24) is 5.32 Å². The number of carboxylic acid groups (broad SMARTS) is 1. The first kappa shape index (κ1) is 19.5. The van der Waals surface area contributed by atoms with Crippen molar-refractivity contribution in [3.63, 3.8) is 0 Å². The molecule has 1 unspecified atom stereocenters. The molecule has 0 saturated heterocycles. The second-order valence-electron chi connectivity index (χ2n) is 6.36. The van der Waals surface area contributed by atoms with Crippen LogP contribution >= 0.6 is 0 Å². The Morgan fingerprint density at radius 1 is 1.23 bits per heavy atom. The van der Waals surface area contributed by atoms with Crippen LogP contribution in [0.3, 0.4) is 0 Å². The van der Waals surface area contributed by atoms with Crippen molar-refractivity contribution in [2.75, 3.05) is 0 Å². The van der Waals surface area contributed by atoms with Gasteiger partial charge in [-0.05, 0) is 38.0 Å². The van der Waals surface area contributed by atoms with E-state index >= 15 is 0 Å². The largest absolute Gasteiger partial charge is 0.508 e. The molecule has 2 rings (SSSR count). The van der Waals surface area contributed by atoms with Crippen LogP contribution in [0.1, 0.15) is 42.9 Å². The average molecular weight is 361 g/mol. The second-order valence-corrected chi connectivity index (χ2v) is 6.36. The first-order valence-corrected chi connectivity index (χ1v) is 8.53. The van der Waals surface area contributed by atoms with Gasteiger partial charge < -0.3 is 19.9 Å². The normalized spacial score (nSPS) is 12.1. The molecule has 7 nitrogen and oxygen atoms in total. The van der Waals surface area contributed by atoms with Crippen LogP contribution in [-0.4, -0.2) is 28.1 Å². The minimum atomic E-state index is -1.10. The summed E-state index contributed by atoms with van der Waals surface area (Å²) in [5.74, 6) is -1.62. The van der Waals surface area contributed by atoms with Crippen molar-refractivity contribution >= 4 is 22.8 Å². The van der Waals surface area contributed by atoms with E-state index in [0.29, 0.717) is 29.4 Å². The molecule has 0 saturated carbocycles. The second kappa shape index (κ2) is 8.03. The fourth-order valence-electron chi connectivity index (χ4n) is 2.85. The molecule has 2 aromatic rings. The number of phenols is 1. The van der Waals surface area contributed by atoms with Crippen molar-refractivity contribution in [3.8, 4) is 5.75 Å². The number of hydrogen-bond donors (Lipinski definition) is 3. The number of aliphatic carboxylic acids is 1. The molecule has 3 N–H and O–H groups in total. The van der Waals surface area contributed by atoms with E-state index in [0.717, 1.165) is 6.42 Å². The Labute approximate surface area is 150 Å². The highest BCUT2D eigenvalue weighted by atomic mass is 16.4. The van der Waals surface area contributed by atoms with Crippen LogP contribution in [0.25, 0.3) is 11.0 Å². The van der Waals surface area contributed by atoms with Crippen LogP contribution in [0.4, 0.5) is 0 Å². The number of aromatic hydroxyl groups is 1. The molecular formula is C19H23NO6. The lowest BCUT2D eigenvalue weighted by Gasteiger charge is -2.15. The number of carboxylic acids is 1. The highest BCUT2D eigenvalue weighted by Crippen LogP contribution is 2.28. The van der Waals surface area contributed by atoms with Crippen LogP contribution in [-0.2, 0) is 16.0 Å². The van der Waals surface area contributed by atoms with Gasteiger partial charge in [0.2, 0.25) is 5.91 Å². The molecule has 0 radical (unpaired) electrons. The summed E-state index contributed by atoms with van der Waals surface area (Å²) in [6.07, 6.45) is 1.57. The Morgan fingerprint density at radius 3 is 2.54 bits per heavy atom. The van der Waals surface area contributed by atoms with Gasteiger partial charge in [-0.1, -0.05) is 19.8 Å². The molecule has 1 heterocycles. The maximum absolute atomic E-state index is 12.3. The van der Waals surface area contributed by atoms with Crippen LogP contribution < -0.4 is 10.9 Å². The van der Waals surface area contributed by atoms with Crippen molar-refractivity contribution in [3.05, 3.63) is 39.2 Å². The van der Waals surface area contributed by atoms with E-state index in [1.165, 1.54) is 6.07 Å². The van der Waals surface area contributed by atoms with Gasteiger partial charge in [-0.3, -0.25) is 4.79 Å². The van der Waals surface area contributed by atoms with Gasteiger partial charge in [0.1, 0.15) is 17.4 Å². The standard InChI is InChI=1S/C19H23NO6/c1-4-5-6-14(18(23)24)20-16(22)9-13-10(2)12-7-8-15(21)11(3)17(12)26-19(13)25/h7-8,14,21H,4-6,9H2,1-3H3,(H,20,22)(H,23,24). The molecule has 1 atom stereocenters. The topological polar surface area (TPSA) is 117 Å². The minimum absolute atomic E-state index is 0.0192. The van der Waals surface area contributed by atoms with Gasteiger partial charge in [0.15, 0.2) is 0 Å². The van der Waals surface area contributed by atoms with Crippen molar-refractivity contribution in [2.24, 2.45) is 0 Å². The smallest absolute Gasteiger partial charge is 0.340 e. The summed E-state index contributed by atoms with van der Waals surface area (Å²) < 4.78 is 5.29. The van der Waals surface area contributed by atoms with E-state index in [1.54, 1.807) is 19.9 Å². The number of carbonyl (C=O) groups is 2. The van der Waals surface area contributed by atoms with Crippen LogP contribution in [0.5, 0.6) is 5.75 Å². The third-order valence-electron chi connectivity index (χ3n) is 4.49. The molecule has 1 aromatic heterocycles. The molecule has 0 aliphatic carbocycles. The molecule has 0 aliphatic rings. The van der Waals surface area contributed by atoms with Gasteiger partial charge in [0, 0.05) is 10.9 Å². The predicted octanol–water partition coefficient (Wildman–Crippen LogP) is 2.42. The number of fused-ring (bicyclic) bond motifs is 1. The summed E-state index contributed by atoms with van der Waals surface area (Å²) in [6.45, 7) is 5.27. The zero-order valence-electron chi connectivity index (χ0n) is 15.1. The van der Waals surface area contributed by atoms with E-state index < -0.39 is 23.5 Å². The maximum Gasteiger partial charge on any atom is 0.340 e.